The van der Waals surface area contributed by atoms with Crippen molar-refractivity contribution in [2.24, 2.45) is 5.10 Å². The van der Waals surface area contributed by atoms with Crippen LogP contribution in [-0.4, -0.2) is 24.3 Å². The Morgan fingerprint density at radius 2 is 1.55 bits per heavy atom. The number of nitrogens with one attached hydrogen (secondary N) is 1. The third kappa shape index (κ3) is 8.58. The zero-order valence-electron chi connectivity index (χ0n) is 24.2. The van der Waals surface area contributed by atoms with Gasteiger partial charge in [-0.2, -0.15) is 5.10 Å². The number of ether oxygens (including phenoxy) is 2. The SMILES string of the molecule is COc1cc(/C=N\NC(=O)CCc2cc(C(C)(C)C)c(O)c(C(C)(C)C)c2)cc(Br)c1OCc1ccc(Br)cc1. The third-order valence-electron chi connectivity index (χ3n) is 6.38. The second kappa shape index (κ2) is 13.2. The number of benzene rings is 3. The van der Waals surface area contributed by atoms with Gasteiger partial charge in [0.05, 0.1) is 17.8 Å². The molecule has 3 aromatic rings. The number of phenolic OH excluding ortho intramolecular Hbond substituents is 1. The van der Waals surface area contributed by atoms with Crippen molar-refractivity contribution >= 4 is 44.0 Å². The molecule has 0 unspecified atom stereocenters. The monoisotopic (exact) mass is 672 g/mol. The van der Waals surface area contributed by atoms with E-state index < -0.39 is 0 Å². The largest absolute Gasteiger partial charge is 0.507 e. The van der Waals surface area contributed by atoms with Crippen LogP contribution in [0, 0.1) is 0 Å². The molecule has 0 saturated heterocycles. The van der Waals surface area contributed by atoms with Crippen LogP contribution in [0.4, 0.5) is 0 Å². The molecule has 0 heterocycles. The standard InChI is InChI=1S/C32H38Br2N2O4/c1-31(2,3)24-14-21(15-25(29(24)38)32(4,5)6)10-13-28(37)36-35-18-22-16-26(34)30(27(17-22)39-7)40-19-20-8-11-23(33)12-9-20/h8-9,11-12,14-18,38H,10,13,19H2,1-7H3,(H,36,37)/b35-18-. The second-order valence-electron chi connectivity index (χ2n) is 11.8. The highest BCUT2D eigenvalue weighted by Gasteiger charge is 2.26. The van der Waals surface area contributed by atoms with Crippen molar-refractivity contribution in [3.05, 3.63) is 85.3 Å². The average molecular weight is 674 g/mol. The van der Waals surface area contributed by atoms with Gasteiger partial charge >= 0.3 is 0 Å². The molecule has 40 heavy (non-hydrogen) atoms. The van der Waals surface area contributed by atoms with Crippen LogP contribution < -0.4 is 14.9 Å². The summed E-state index contributed by atoms with van der Waals surface area (Å²) in [5.74, 6) is 1.28. The number of carbonyl (C=O) groups is 1. The predicted octanol–water partition coefficient (Wildman–Crippen LogP) is 8.18. The molecule has 0 aromatic heterocycles. The summed E-state index contributed by atoms with van der Waals surface area (Å²) in [7, 11) is 1.58. The maximum atomic E-state index is 12.6. The van der Waals surface area contributed by atoms with Gasteiger partial charge in [0.15, 0.2) is 11.5 Å². The molecule has 0 fully saturated rings. The Balaban J connectivity index is 1.65. The highest BCUT2D eigenvalue weighted by atomic mass is 79.9. The second-order valence-corrected chi connectivity index (χ2v) is 13.6. The molecule has 214 valence electrons. The number of methoxy groups -OCH3 is 1. The van der Waals surface area contributed by atoms with Gasteiger partial charge in [0.1, 0.15) is 12.4 Å². The lowest BCUT2D eigenvalue weighted by atomic mass is 9.78. The lowest BCUT2D eigenvalue weighted by molar-refractivity contribution is -0.121. The molecule has 0 bridgehead atoms. The molecule has 0 aliphatic carbocycles. The average Bonchev–Trinajstić information content (AvgIpc) is 2.86. The molecular formula is C32H38Br2N2O4. The van der Waals surface area contributed by atoms with Crippen LogP contribution in [0.2, 0.25) is 0 Å². The summed E-state index contributed by atoms with van der Waals surface area (Å²) in [5, 5.41) is 15.1. The Hall–Kier alpha value is -2.84. The van der Waals surface area contributed by atoms with Crippen molar-refractivity contribution < 1.29 is 19.4 Å². The Kier molecular flexibility index (Phi) is 10.5. The van der Waals surface area contributed by atoms with Crippen molar-refractivity contribution in [3.63, 3.8) is 0 Å². The molecule has 8 heteroatoms. The zero-order valence-corrected chi connectivity index (χ0v) is 27.4. The first-order valence-electron chi connectivity index (χ1n) is 13.1. The summed E-state index contributed by atoms with van der Waals surface area (Å²) >= 11 is 7.00. The van der Waals surface area contributed by atoms with E-state index in [9.17, 15) is 9.90 Å². The first kappa shape index (κ1) is 31.7. The number of aryl methyl sites for hydroxylation is 1. The van der Waals surface area contributed by atoms with Gasteiger partial charge in [0.25, 0.3) is 0 Å². The first-order chi connectivity index (χ1) is 18.7. The van der Waals surface area contributed by atoms with Crippen molar-refractivity contribution in [1.29, 1.82) is 0 Å². The fraction of sp³-hybridized carbons (Fsp3) is 0.375. The van der Waals surface area contributed by atoms with Crippen LogP contribution in [0.3, 0.4) is 0 Å². The summed E-state index contributed by atoms with van der Waals surface area (Å²) in [5.41, 5.74) is 6.73. The number of hydrogen-bond acceptors (Lipinski definition) is 5. The van der Waals surface area contributed by atoms with E-state index in [4.69, 9.17) is 9.47 Å². The number of carbonyl (C=O) groups excluding carboxylic acids is 1. The van der Waals surface area contributed by atoms with E-state index in [0.717, 1.165) is 32.3 Å². The number of hydrogen-bond donors (Lipinski definition) is 2. The molecule has 2 N–H and O–H groups in total. The minimum atomic E-state index is -0.221. The predicted molar refractivity (Wildman–Crippen MR) is 169 cm³/mol. The number of amides is 1. The molecule has 0 atom stereocenters. The molecule has 0 spiro atoms. The molecule has 3 rings (SSSR count). The fourth-order valence-electron chi connectivity index (χ4n) is 4.17. The summed E-state index contributed by atoms with van der Waals surface area (Å²) in [6.07, 6.45) is 2.38. The van der Waals surface area contributed by atoms with E-state index in [2.05, 4.69) is 83.9 Å². The summed E-state index contributed by atoms with van der Waals surface area (Å²) in [6.45, 7) is 12.9. The van der Waals surface area contributed by atoms with Crippen LogP contribution in [-0.2, 0) is 28.7 Å². The third-order valence-corrected chi connectivity index (χ3v) is 7.50. The Morgan fingerprint density at radius 1 is 0.950 bits per heavy atom. The summed E-state index contributed by atoms with van der Waals surface area (Å²) < 4.78 is 13.3. The van der Waals surface area contributed by atoms with Gasteiger partial charge in [-0.05, 0) is 85.3 Å². The number of aromatic hydroxyl groups is 1. The highest BCUT2D eigenvalue weighted by molar-refractivity contribution is 9.10. The number of hydrazone groups is 1. The van der Waals surface area contributed by atoms with E-state index in [0.29, 0.717) is 34.7 Å². The molecule has 0 radical (unpaired) electrons. The van der Waals surface area contributed by atoms with Crippen LogP contribution in [0.15, 0.2) is 62.6 Å². The van der Waals surface area contributed by atoms with Crippen LogP contribution in [0.25, 0.3) is 0 Å². The Bertz CT molecular complexity index is 1340. The van der Waals surface area contributed by atoms with E-state index >= 15 is 0 Å². The van der Waals surface area contributed by atoms with Crippen molar-refractivity contribution in [1.82, 2.24) is 5.43 Å². The number of rotatable bonds is 9. The van der Waals surface area contributed by atoms with E-state index in [1.807, 2.05) is 42.5 Å². The van der Waals surface area contributed by atoms with Gasteiger partial charge in [0, 0.05) is 10.9 Å². The summed E-state index contributed by atoms with van der Waals surface area (Å²) in [6, 6.07) is 15.6. The normalized spacial score (nSPS) is 12.0. The van der Waals surface area contributed by atoms with Gasteiger partial charge in [-0.3, -0.25) is 4.79 Å². The number of halogens is 2. The molecule has 0 aliphatic heterocycles. The Morgan fingerprint density at radius 3 is 2.10 bits per heavy atom. The van der Waals surface area contributed by atoms with Crippen LogP contribution in [0.1, 0.15) is 75.8 Å². The lowest BCUT2D eigenvalue weighted by Gasteiger charge is -2.28. The van der Waals surface area contributed by atoms with E-state index in [-0.39, 0.29) is 23.2 Å². The lowest BCUT2D eigenvalue weighted by Crippen LogP contribution is -2.20. The van der Waals surface area contributed by atoms with Crippen LogP contribution in [0.5, 0.6) is 17.2 Å². The van der Waals surface area contributed by atoms with Gasteiger partial charge in [-0.1, -0.05) is 81.7 Å². The first-order valence-corrected chi connectivity index (χ1v) is 14.7. The maximum absolute atomic E-state index is 12.6. The summed E-state index contributed by atoms with van der Waals surface area (Å²) in [4.78, 5) is 12.6. The van der Waals surface area contributed by atoms with Gasteiger partial charge in [-0.15, -0.1) is 0 Å². The molecule has 0 saturated carbocycles. The van der Waals surface area contributed by atoms with Gasteiger partial charge < -0.3 is 14.6 Å². The minimum Gasteiger partial charge on any atom is -0.507 e. The minimum absolute atomic E-state index is 0.195. The van der Waals surface area contributed by atoms with Gasteiger partial charge in [-0.25, -0.2) is 5.43 Å². The van der Waals surface area contributed by atoms with Gasteiger partial charge in [0.2, 0.25) is 5.91 Å². The highest BCUT2D eigenvalue weighted by Crippen LogP contribution is 2.40. The van der Waals surface area contributed by atoms with Crippen LogP contribution >= 0.6 is 31.9 Å². The number of nitrogens with zero attached hydrogens (tertiary/aromatic N) is 1. The van der Waals surface area contributed by atoms with Crippen molar-refractivity contribution in [2.45, 2.75) is 71.8 Å². The zero-order chi connectivity index (χ0) is 29.7. The molecule has 3 aromatic carbocycles. The molecule has 0 aliphatic rings. The quantitative estimate of drug-likeness (QED) is 0.177. The van der Waals surface area contributed by atoms with Crippen molar-refractivity contribution in [2.75, 3.05) is 7.11 Å². The van der Waals surface area contributed by atoms with Crippen molar-refractivity contribution in [3.8, 4) is 17.2 Å². The van der Waals surface area contributed by atoms with E-state index in [1.54, 1.807) is 19.4 Å². The molecular weight excluding hydrogens is 636 g/mol. The maximum Gasteiger partial charge on any atom is 0.240 e. The van der Waals surface area contributed by atoms with E-state index in [1.165, 1.54) is 0 Å². The molecule has 1 amide bonds. The Labute approximate surface area is 254 Å². The fourth-order valence-corrected chi connectivity index (χ4v) is 5.00. The topological polar surface area (TPSA) is 80.2 Å². The smallest absolute Gasteiger partial charge is 0.240 e. The molecule has 6 nitrogen and oxygen atoms in total. The number of phenols is 1.